The second-order valence-corrected chi connectivity index (χ2v) is 4.18. The number of carbonyl (C=O) groups excluding carboxylic acids is 1. The van der Waals surface area contributed by atoms with Crippen LogP contribution in [0.2, 0.25) is 0 Å². The molecule has 4 nitrogen and oxygen atoms in total. The highest BCUT2D eigenvalue weighted by molar-refractivity contribution is 5.97. The summed E-state index contributed by atoms with van der Waals surface area (Å²) in [5, 5.41) is 3.22. The maximum Gasteiger partial charge on any atom is 0.205 e. The van der Waals surface area contributed by atoms with Crippen molar-refractivity contribution < 1.29 is 4.79 Å². The molecule has 1 N–H and O–H groups in total. The molecule has 1 aliphatic rings. The minimum Gasteiger partial charge on any atom is -0.332 e. The molecule has 1 saturated heterocycles. The number of hydrogen-bond acceptors (Lipinski definition) is 3. The number of aromatic nitrogens is 2. The molecule has 0 amide bonds. The molecule has 1 unspecified atom stereocenters. The van der Waals surface area contributed by atoms with Crippen LogP contribution >= 0.6 is 0 Å². The van der Waals surface area contributed by atoms with E-state index < -0.39 is 0 Å². The van der Waals surface area contributed by atoms with Gasteiger partial charge in [-0.3, -0.25) is 4.79 Å². The standard InChI is InChI=1S/C10H15N3O/c1-10(3-4-11-7-10)8(14)9-12-5-6-13(9)2/h5-6,11H,3-4,7H2,1-2H3. The Balaban J connectivity index is 2.28. The van der Waals surface area contributed by atoms with Gasteiger partial charge in [-0.15, -0.1) is 0 Å². The Morgan fingerprint density at radius 1 is 1.71 bits per heavy atom. The van der Waals surface area contributed by atoms with Gasteiger partial charge >= 0.3 is 0 Å². The number of nitrogens with zero attached hydrogens (tertiary/aromatic N) is 2. The highest BCUT2D eigenvalue weighted by Gasteiger charge is 2.38. The van der Waals surface area contributed by atoms with Gasteiger partial charge in [-0.25, -0.2) is 4.98 Å². The van der Waals surface area contributed by atoms with Gasteiger partial charge in [0.2, 0.25) is 5.78 Å². The van der Waals surface area contributed by atoms with E-state index >= 15 is 0 Å². The predicted molar refractivity (Wildman–Crippen MR) is 53.1 cm³/mol. The van der Waals surface area contributed by atoms with Crippen molar-refractivity contribution in [3.63, 3.8) is 0 Å². The maximum atomic E-state index is 12.1. The zero-order chi connectivity index (χ0) is 10.2. The van der Waals surface area contributed by atoms with E-state index in [4.69, 9.17) is 0 Å². The summed E-state index contributed by atoms with van der Waals surface area (Å²) < 4.78 is 1.78. The van der Waals surface area contributed by atoms with Gasteiger partial charge < -0.3 is 9.88 Å². The number of aryl methyl sites for hydroxylation is 1. The Morgan fingerprint density at radius 2 is 2.50 bits per heavy atom. The van der Waals surface area contributed by atoms with E-state index in [1.807, 2.05) is 14.0 Å². The fraction of sp³-hybridized carbons (Fsp3) is 0.600. The van der Waals surface area contributed by atoms with Gasteiger partial charge in [0.25, 0.3) is 0 Å². The van der Waals surface area contributed by atoms with Crippen molar-refractivity contribution in [2.24, 2.45) is 12.5 Å². The molecule has 1 fully saturated rings. The number of hydrogen-bond donors (Lipinski definition) is 1. The topological polar surface area (TPSA) is 46.9 Å². The number of ketones is 1. The highest BCUT2D eigenvalue weighted by atomic mass is 16.1. The van der Waals surface area contributed by atoms with E-state index in [0.717, 1.165) is 19.5 Å². The van der Waals surface area contributed by atoms with E-state index in [1.54, 1.807) is 17.0 Å². The third-order valence-electron chi connectivity index (χ3n) is 2.94. The lowest BCUT2D eigenvalue weighted by Gasteiger charge is -2.19. The largest absolute Gasteiger partial charge is 0.332 e. The van der Waals surface area contributed by atoms with Crippen LogP contribution in [0.4, 0.5) is 0 Å². The molecular formula is C10H15N3O. The van der Waals surface area contributed by atoms with Crippen LogP contribution in [0.5, 0.6) is 0 Å². The van der Waals surface area contributed by atoms with E-state index in [1.165, 1.54) is 0 Å². The van der Waals surface area contributed by atoms with Crippen molar-refractivity contribution >= 4 is 5.78 Å². The first-order valence-electron chi connectivity index (χ1n) is 4.86. The molecule has 0 bridgehead atoms. The first-order valence-corrected chi connectivity index (χ1v) is 4.86. The second-order valence-electron chi connectivity index (χ2n) is 4.18. The summed E-state index contributed by atoms with van der Waals surface area (Å²) in [5.41, 5.74) is -0.265. The minimum atomic E-state index is -0.265. The smallest absolute Gasteiger partial charge is 0.205 e. The van der Waals surface area contributed by atoms with Crippen molar-refractivity contribution in [1.29, 1.82) is 0 Å². The van der Waals surface area contributed by atoms with Crippen LogP contribution in [0.3, 0.4) is 0 Å². The number of imidazole rings is 1. The summed E-state index contributed by atoms with van der Waals surface area (Å²) in [6.07, 6.45) is 4.37. The summed E-state index contributed by atoms with van der Waals surface area (Å²) in [6.45, 7) is 3.69. The number of carbonyl (C=O) groups is 1. The fourth-order valence-electron chi connectivity index (χ4n) is 1.87. The van der Waals surface area contributed by atoms with E-state index in [2.05, 4.69) is 10.3 Å². The van der Waals surface area contributed by atoms with Gasteiger partial charge in [-0.05, 0) is 13.0 Å². The van der Waals surface area contributed by atoms with Crippen LogP contribution in [0.15, 0.2) is 12.4 Å². The van der Waals surface area contributed by atoms with Gasteiger partial charge in [-0.2, -0.15) is 0 Å². The Morgan fingerprint density at radius 3 is 3.00 bits per heavy atom. The number of Topliss-reactive ketones (excluding diaryl/α,β-unsaturated/α-hetero) is 1. The third kappa shape index (κ3) is 1.35. The Labute approximate surface area is 83.3 Å². The number of nitrogens with one attached hydrogen (secondary N) is 1. The lowest BCUT2D eigenvalue weighted by Crippen LogP contribution is -2.32. The average Bonchev–Trinajstić information content (AvgIpc) is 2.74. The zero-order valence-corrected chi connectivity index (χ0v) is 8.58. The third-order valence-corrected chi connectivity index (χ3v) is 2.94. The zero-order valence-electron chi connectivity index (χ0n) is 8.58. The molecule has 14 heavy (non-hydrogen) atoms. The lowest BCUT2D eigenvalue weighted by molar-refractivity contribution is 0.0824. The highest BCUT2D eigenvalue weighted by Crippen LogP contribution is 2.28. The summed E-state index contributed by atoms with van der Waals surface area (Å²) in [5.74, 6) is 0.714. The molecule has 4 heteroatoms. The SMILES string of the molecule is Cn1ccnc1C(=O)C1(C)CCNC1. The molecular weight excluding hydrogens is 178 g/mol. The van der Waals surface area contributed by atoms with Crippen LogP contribution in [0.25, 0.3) is 0 Å². The molecule has 0 saturated carbocycles. The minimum absolute atomic E-state index is 0.148. The van der Waals surface area contributed by atoms with Gasteiger partial charge in [-0.1, -0.05) is 6.92 Å². The predicted octanol–water partition coefficient (Wildman–Crippen LogP) is 0.602. The molecule has 0 radical (unpaired) electrons. The van der Waals surface area contributed by atoms with Crippen LogP contribution in [-0.2, 0) is 7.05 Å². The average molecular weight is 193 g/mol. The Kier molecular flexibility index (Phi) is 2.15. The van der Waals surface area contributed by atoms with Crippen LogP contribution < -0.4 is 5.32 Å². The van der Waals surface area contributed by atoms with Gasteiger partial charge in [0.1, 0.15) is 0 Å². The maximum absolute atomic E-state index is 12.1. The van der Waals surface area contributed by atoms with E-state index in [0.29, 0.717) is 5.82 Å². The molecule has 2 heterocycles. The summed E-state index contributed by atoms with van der Waals surface area (Å²) in [6, 6.07) is 0. The van der Waals surface area contributed by atoms with E-state index in [9.17, 15) is 4.79 Å². The Hall–Kier alpha value is -1.16. The lowest BCUT2D eigenvalue weighted by atomic mass is 9.84. The van der Waals surface area contributed by atoms with Crippen molar-refractivity contribution in [2.75, 3.05) is 13.1 Å². The second kappa shape index (κ2) is 3.20. The molecule has 1 atom stereocenters. The first-order chi connectivity index (χ1) is 6.63. The Bertz CT molecular complexity index is 350. The molecule has 1 aromatic rings. The molecule has 1 aromatic heterocycles. The summed E-state index contributed by atoms with van der Waals surface area (Å²) >= 11 is 0. The van der Waals surface area contributed by atoms with Crippen molar-refractivity contribution in [1.82, 2.24) is 14.9 Å². The monoisotopic (exact) mass is 193 g/mol. The van der Waals surface area contributed by atoms with Crippen molar-refractivity contribution in [3.8, 4) is 0 Å². The molecule has 1 aliphatic heterocycles. The molecule has 0 aromatic carbocycles. The van der Waals surface area contributed by atoms with Gasteiger partial charge in [0.15, 0.2) is 5.82 Å². The van der Waals surface area contributed by atoms with Crippen molar-refractivity contribution in [3.05, 3.63) is 18.2 Å². The summed E-state index contributed by atoms with van der Waals surface area (Å²) in [4.78, 5) is 16.2. The van der Waals surface area contributed by atoms with Gasteiger partial charge in [0.05, 0.1) is 0 Å². The van der Waals surface area contributed by atoms with Crippen LogP contribution in [-0.4, -0.2) is 28.4 Å². The summed E-state index contributed by atoms with van der Waals surface area (Å²) in [7, 11) is 1.85. The van der Waals surface area contributed by atoms with Crippen molar-refractivity contribution in [2.45, 2.75) is 13.3 Å². The van der Waals surface area contributed by atoms with E-state index in [-0.39, 0.29) is 11.2 Å². The normalized spacial score (nSPS) is 26.7. The van der Waals surface area contributed by atoms with Crippen LogP contribution in [0, 0.1) is 5.41 Å². The fourth-order valence-corrected chi connectivity index (χ4v) is 1.87. The molecule has 0 spiro atoms. The quantitative estimate of drug-likeness (QED) is 0.700. The van der Waals surface area contributed by atoms with Gasteiger partial charge in [0, 0.05) is 31.4 Å². The molecule has 76 valence electrons. The van der Waals surface area contributed by atoms with Crippen LogP contribution in [0.1, 0.15) is 24.0 Å². The first kappa shape index (κ1) is 9.40. The molecule has 2 rings (SSSR count). The molecule has 0 aliphatic carbocycles. The number of rotatable bonds is 2.